The second kappa shape index (κ2) is 5.84. The molecule has 1 aromatic heterocycles. The molecule has 0 N–H and O–H groups in total. The summed E-state index contributed by atoms with van der Waals surface area (Å²) in [6.07, 6.45) is 6.93. The van der Waals surface area contributed by atoms with Gasteiger partial charge in [-0.05, 0) is 44.4 Å². The molecule has 0 aromatic carbocycles. The first-order valence-electron chi connectivity index (χ1n) is 8.67. The molecule has 8 heteroatoms. The molecule has 3 saturated heterocycles. The molecule has 132 valence electrons. The molecule has 7 nitrogen and oxygen atoms in total. The Morgan fingerprint density at radius 1 is 1.17 bits per heavy atom. The third-order valence-corrected chi connectivity index (χ3v) is 6.80. The van der Waals surface area contributed by atoms with Crippen LogP contribution < -0.4 is 0 Å². The van der Waals surface area contributed by atoms with Gasteiger partial charge in [-0.15, -0.1) is 0 Å². The van der Waals surface area contributed by atoms with E-state index in [9.17, 15) is 13.2 Å². The number of carbonyl (C=O) groups is 1. The number of hydrogen-bond donors (Lipinski definition) is 0. The molecule has 2 bridgehead atoms. The van der Waals surface area contributed by atoms with Gasteiger partial charge in [0.2, 0.25) is 15.8 Å². The van der Waals surface area contributed by atoms with Gasteiger partial charge in [0.1, 0.15) is 0 Å². The number of rotatable bonds is 2. The van der Waals surface area contributed by atoms with Crippen LogP contribution in [0.5, 0.6) is 0 Å². The van der Waals surface area contributed by atoms with Crippen molar-refractivity contribution in [3.05, 3.63) is 17.0 Å². The van der Waals surface area contributed by atoms with Gasteiger partial charge < -0.3 is 9.42 Å². The Morgan fingerprint density at radius 3 is 2.75 bits per heavy atom. The topological polar surface area (TPSA) is 83.7 Å². The fourth-order valence-corrected chi connectivity index (χ4v) is 5.17. The van der Waals surface area contributed by atoms with E-state index < -0.39 is 10.0 Å². The van der Waals surface area contributed by atoms with Gasteiger partial charge in [-0.2, -0.15) is 4.31 Å². The van der Waals surface area contributed by atoms with Crippen molar-refractivity contribution in [2.75, 3.05) is 25.9 Å². The van der Waals surface area contributed by atoms with Crippen LogP contribution in [0.15, 0.2) is 4.52 Å². The summed E-state index contributed by atoms with van der Waals surface area (Å²) in [5.41, 5.74) is 1.88. The maximum absolute atomic E-state index is 13.1. The van der Waals surface area contributed by atoms with E-state index in [2.05, 4.69) is 5.16 Å². The van der Waals surface area contributed by atoms with Crippen LogP contribution in [0, 0.1) is 5.92 Å². The highest BCUT2D eigenvalue weighted by Crippen LogP contribution is 2.32. The molecule has 1 aliphatic carbocycles. The molecule has 0 unspecified atom stereocenters. The lowest BCUT2D eigenvalue weighted by Crippen LogP contribution is -2.47. The predicted molar refractivity (Wildman–Crippen MR) is 87.1 cm³/mol. The van der Waals surface area contributed by atoms with Crippen LogP contribution in [0.3, 0.4) is 0 Å². The summed E-state index contributed by atoms with van der Waals surface area (Å²) >= 11 is 0. The van der Waals surface area contributed by atoms with Crippen molar-refractivity contribution < 1.29 is 17.7 Å². The van der Waals surface area contributed by atoms with E-state index in [1.807, 2.05) is 4.90 Å². The molecular formula is C16H23N3O4S. The summed E-state index contributed by atoms with van der Waals surface area (Å²) in [4.78, 5) is 14.9. The van der Waals surface area contributed by atoms with Crippen LogP contribution in [-0.4, -0.2) is 60.6 Å². The molecule has 3 fully saturated rings. The maximum atomic E-state index is 13.1. The Balaban J connectivity index is 1.61. The van der Waals surface area contributed by atoms with Crippen molar-refractivity contribution in [1.29, 1.82) is 0 Å². The lowest BCUT2D eigenvalue weighted by atomic mass is 9.93. The molecule has 24 heavy (non-hydrogen) atoms. The minimum atomic E-state index is -3.23. The van der Waals surface area contributed by atoms with E-state index in [0.29, 0.717) is 25.4 Å². The maximum Gasteiger partial charge on any atom is 0.293 e. The summed E-state index contributed by atoms with van der Waals surface area (Å²) in [6, 6.07) is -0.0738. The van der Waals surface area contributed by atoms with Crippen LogP contribution in [-0.2, 0) is 22.9 Å². The lowest BCUT2D eigenvalue weighted by Gasteiger charge is -2.35. The number of sulfonamides is 1. The standard InChI is InChI=1S/C16H23N3O4S/c1-24(21,22)18-8-11-6-7-12(10-18)19(9-11)16(20)15-13-4-2-3-5-14(13)17-23-15/h11-12H,2-10H2,1H3/t11-,12+/m0/s1. The van der Waals surface area contributed by atoms with E-state index >= 15 is 0 Å². The number of hydrogen-bond acceptors (Lipinski definition) is 5. The van der Waals surface area contributed by atoms with E-state index in [4.69, 9.17) is 4.52 Å². The van der Waals surface area contributed by atoms with Crippen LogP contribution in [0.4, 0.5) is 0 Å². The Kier molecular flexibility index (Phi) is 3.91. The van der Waals surface area contributed by atoms with Crippen molar-refractivity contribution in [2.45, 2.75) is 44.6 Å². The third kappa shape index (κ3) is 2.75. The van der Waals surface area contributed by atoms with E-state index in [0.717, 1.165) is 49.8 Å². The molecule has 4 heterocycles. The smallest absolute Gasteiger partial charge is 0.293 e. The summed E-state index contributed by atoms with van der Waals surface area (Å²) in [5, 5.41) is 4.08. The highest BCUT2D eigenvalue weighted by Gasteiger charge is 2.41. The number of piperidine rings is 1. The first-order chi connectivity index (χ1) is 11.4. The van der Waals surface area contributed by atoms with E-state index in [-0.39, 0.29) is 17.9 Å². The average molecular weight is 353 g/mol. The first-order valence-corrected chi connectivity index (χ1v) is 10.5. The monoisotopic (exact) mass is 353 g/mol. The second-order valence-corrected chi connectivity index (χ2v) is 9.26. The normalized spacial score (nSPS) is 27.8. The third-order valence-electron chi connectivity index (χ3n) is 5.56. The fourth-order valence-electron chi connectivity index (χ4n) is 4.25. The van der Waals surface area contributed by atoms with Crippen LogP contribution in [0.2, 0.25) is 0 Å². The Bertz CT molecular complexity index is 757. The van der Waals surface area contributed by atoms with E-state index in [1.54, 1.807) is 0 Å². The average Bonchev–Trinajstić information content (AvgIpc) is 2.74. The zero-order valence-electron chi connectivity index (χ0n) is 13.9. The van der Waals surface area contributed by atoms with Crippen molar-refractivity contribution in [1.82, 2.24) is 14.4 Å². The first kappa shape index (κ1) is 16.1. The van der Waals surface area contributed by atoms with Crippen molar-refractivity contribution >= 4 is 15.9 Å². The molecule has 3 aliphatic heterocycles. The molecule has 1 aromatic rings. The van der Waals surface area contributed by atoms with Crippen molar-refractivity contribution in [3.8, 4) is 0 Å². The van der Waals surface area contributed by atoms with Crippen molar-refractivity contribution in [2.24, 2.45) is 5.92 Å². The summed E-state index contributed by atoms with van der Waals surface area (Å²) < 4.78 is 30.8. The fraction of sp³-hybridized carbons (Fsp3) is 0.750. The molecule has 5 rings (SSSR count). The van der Waals surface area contributed by atoms with Crippen LogP contribution >= 0.6 is 0 Å². The SMILES string of the molecule is CS(=O)(=O)N1C[C@@H]2CC[C@H](C1)N(C(=O)c1onc3c1CCCC3)C2. The molecule has 1 amide bonds. The zero-order valence-corrected chi connectivity index (χ0v) is 14.7. The highest BCUT2D eigenvalue weighted by molar-refractivity contribution is 7.88. The zero-order chi connectivity index (χ0) is 16.9. The van der Waals surface area contributed by atoms with Crippen LogP contribution in [0.1, 0.15) is 47.5 Å². The predicted octanol–water partition coefficient (Wildman–Crippen LogP) is 1.05. The second-order valence-electron chi connectivity index (χ2n) is 7.28. The summed E-state index contributed by atoms with van der Waals surface area (Å²) in [6.45, 7) is 1.50. The number of fused-ring (bicyclic) bond motifs is 5. The molecule has 0 spiro atoms. The highest BCUT2D eigenvalue weighted by atomic mass is 32.2. The number of aromatic nitrogens is 1. The summed E-state index contributed by atoms with van der Waals surface area (Å²) in [7, 11) is -3.23. The summed E-state index contributed by atoms with van der Waals surface area (Å²) in [5.74, 6) is 0.458. The molecular weight excluding hydrogens is 330 g/mol. The quantitative estimate of drug-likeness (QED) is 0.793. The number of nitrogens with zero attached hydrogens (tertiary/aromatic N) is 3. The van der Waals surface area contributed by atoms with Gasteiger partial charge in [-0.1, -0.05) is 5.16 Å². The number of amides is 1. The molecule has 0 saturated carbocycles. The van der Waals surface area contributed by atoms with Gasteiger partial charge in [0.05, 0.1) is 11.9 Å². The molecule has 2 atom stereocenters. The van der Waals surface area contributed by atoms with Gasteiger partial charge in [0.15, 0.2) is 0 Å². The number of carbonyl (C=O) groups excluding carboxylic acids is 1. The van der Waals surface area contributed by atoms with E-state index in [1.165, 1.54) is 10.6 Å². The lowest BCUT2D eigenvalue weighted by molar-refractivity contribution is 0.0545. The Morgan fingerprint density at radius 2 is 1.96 bits per heavy atom. The van der Waals surface area contributed by atoms with Gasteiger partial charge in [0.25, 0.3) is 5.91 Å². The minimum Gasteiger partial charge on any atom is -0.350 e. The Labute approximate surface area is 142 Å². The largest absolute Gasteiger partial charge is 0.350 e. The van der Waals surface area contributed by atoms with Gasteiger partial charge in [-0.25, -0.2) is 8.42 Å². The van der Waals surface area contributed by atoms with Crippen molar-refractivity contribution in [3.63, 3.8) is 0 Å². The van der Waals surface area contributed by atoms with Gasteiger partial charge >= 0.3 is 0 Å². The Hall–Kier alpha value is -1.41. The van der Waals surface area contributed by atoms with Gasteiger partial charge in [0, 0.05) is 31.2 Å². The minimum absolute atomic E-state index is 0.0738. The molecule has 0 radical (unpaired) electrons. The molecule has 4 aliphatic rings. The van der Waals surface area contributed by atoms with Crippen LogP contribution in [0.25, 0.3) is 0 Å². The van der Waals surface area contributed by atoms with Gasteiger partial charge in [-0.3, -0.25) is 4.79 Å². The number of aryl methyl sites for hydroxylation is 1.